The first-order valence-corrected chi connectivity index (χ1v) is 7.85. The zero-order chi connectivity index (χ0) is 17.5. The molecular weight excluding hydrogens is 293 g/mol. The average molecular weight is 319 g/mol. The molecule has 0 saturated carbocycles. The summed E-state index contributed by atoms with van der Waals surface area (Å²) in [5.41, 5.74) is -0.739. The fourth-order valence-electron chi connectivity index (χ4n) is 2.31. The van der Waals surface area contributed by atoms with E-state index in [1.165, 1.54) is 0 Å². The summed E-state index contributed by atoms with van der Waals surface area (Å²) < 4.78 is 17.8. The summed E-state index contributed by atoms with van der Waals surface area (Å²) in [4.78, 5) is 11.8. The summed E-state index contributed by atoms with van der Waals surface area (Å²) in [6.07, 6.45) is 0. The number of amides is 1. The highest BCUT2D eigenvalue weighted by Crippen LogP contribution is 2.36. The van der Waals surface area contributed by atoms with Crippen molar-refractivity contribution in [3.63, 3.8) is 0 Å². The molecule has 0 atom stereocenters. The van der Waals surface area contributed by atoms with E-state index in [1.54, 1.807) is 20.9 Å². The van der Waals surface area contributed by atoms with Crippen LogP contribution in [0.3, 0.4) is 0 Å². The highest BCUT2D eigenvalue weighted by Gasteiger charge is 2.51. The second kappa shape index (κ2) is 5.84. The van der Waals surface area contributed by atoms with Crippen LogP contribution in [0.5, 0.6) is 5.75 Å². The van der Waals surface area contributed by atoms with Gasteiger partial charge in [-0.3, -0.25) is 4.79 Å². The van der Waals surface area contributed by atoms with Crippen LogP contribution in [-0.4, -0.2) is 36.9 Å². The number of rotatable bonds is 4. The molecule has 1 amide bonds. The van der Waals surface area contributed by atoms with Gasteiger partial charge < -0.3 is 19.4 Å². The first-order chi connectivity index (χ1) is 10.5. The lowest BCUT2D eigenvalue weighted by atomic mass is 9.79. The van der Waals surface area contributed by atoms with Crippen molar-refractivity contribution in [2.24, 2.45) is 0 Å². The van der Waals surface area contributed by atoms with Gasteiger partial charge in [-0.2, -0.15) is 0 Å². The van der Waals surface area contributed by atoms with Crippen molar-refractivity contribution in [1.29, 1.82) is 0 Å². The van der Waals surface area contributed by atoms with Crippen LogP contribution in [0, 0.1) is 0 Å². The zero-order valence-corrected chi connectivity index (χ0v) is 15.0. The topological polar surface area (TPSA) is 56.8 Å². The van der Waals surface area contributed by atoms with Gasteiger partial charge in [0.2, 0.25) is 0 Å². The zero-order valence-electron chi connectivity index (χ0n) is 15.0. The number of benzene rings is 1. The van der Waals surface area contributed by atoms with E-state index in [2.05, 4.69) is 5.32 Å². The number of likely N-dealkylation sites (N-methyl/N-ethyl adjacent to an activating group) is 1. The number of hydrogen-bond acceptors (Lipinski definition) is 4. The first-order valence-electron chi connectivity index (χ1n) is 7.85. The molecule has 0 bridgehead atoms. The van der Waals surface area contributed by atoms with Crippen LogP contribution < -0.4 is 15.5 Å². The standard InChI is InChI=1S/C17H26BNO4/c1-15(2,14(20)19-7)21-13-10-8-12(9-11-13)18-22-16(3,4)17(5,6)23-18/h8-11H,1-7H3,(H,19,20). The van der Waals surface area contributed by atoms with Gasteiger partial charge in [0.25, 0.3) is 5.91 Å². The molecule has 0 aromatic heterocycles. The molecule has 0 aliphatic carbocycles. The van der Waals surface area contributed by atoms with Crippen molar-refractivity contribution < 1.29 is 18.8 Å². The molecule has 1 N–H and O–H groups in total. The Balaban J connectivity index is 2.11. The number of nitrogens with one attached hydrogen (secondary N) is 1. The Morgan fingerprint density at radius 1 is 1.09 bits per heavy atom. The number of hydrogen-bond donors (Lipinski definition) is 1. The summed E-state index contributed by atoms with van der Waals surface area (Å²) in [7, 11) is 1.19. The molecule has 1 heterocycles. The Morgan fingerprint density at radius 3 is 2.00 bits per heavy atom. The van der Waals surface area contributed by atoms with Gasteiger partial charge in [-0.15, -0.1) is 0 Å². The first kappa shape index (κ1) is 17.8. The largest absolute Gasteiger partial charge is 0.494 e. The van der Waals surface area contributed by atoms with Crippen molar-refractivity contribution >= 4 is 18.5 Å². The van der Waals surface area contributed by atoms with Gasteiger partial charge in [0.1, 0.15) is 5.75 Å². The van der Waals surface area contributed by atoms with Crippen LogP contribution in [0.25, 0.3) is 0 Å². The number of carbonyl (C=O) groups is 1. The van der Waals surface area contributed by atoms with Crippen molar-refractivity contribution in [3.05, 3.63) is 24.3 Å². The lowest BCUT2D eigenvalue weighted by Crippen LogP contribution is -2.45. The van der Waals surface area contributed by atoms with Crippen molar-refractivity contribution in [2.45, 2.75) is 58.3 Å². The molecule has 0 spiro atoms. The Bertz CT molecular complexity index is 565. The molecule has 0 radical (unpaired) electrons. The summed E-state index contributed by atoms with van der Waals surface area (Å²) in [5.74, 6) is 0.450. The summed E-state index contributed by atoms with van der Waals surface area (Å²) in [6, 6.07) is 7.45. The third-order valence-corrected chi connectivity index (χ3v) is 4.55. The van der Waals surface area contributed by atoms with Crippen molar-refractivity contribution in [1.82, 2.24) is 5.32 Å². The van der Waals surface area contributed by atoms with Crippen molar-refractivity contribution in [2.75, 3.05) is 7.05 Å². The predicted octanol–water partition coefficient (Wildman–Crippen LogP) is 1.89. The molecule has 1 aromatic carbocycles. The molecule has 0 unspecified atom stereocenters. The summed E-state index contributed by atoms with van der Waals surface area (Å²) >= 11 is 0. The Labute approximate surface area is 138 Å². The van der Waals surface area contributed by atoms with Gasteiger partial charge in [0.15, 0.2) is 5.60 Å². The third-order valence-electron chi connectivity index (χ3n) is 4.55. The fraction of sp³-hybridized carbons (Fsp3) is 0.588. The molecular formula is C17H26BNO4. The van der Waals surface area contributed by atoms with Gasteiger partial charge in [-0.25, -0.2) is 0 Å². The minimum absolute atomic E-state index is 0.174. The SMILES string of the molecule is CNC(=O)C(C)(C)Oc1ccc(B2OC(C)(C)C(C)(C)O2)cc1. The highest BCUT2D eigenvalue weighted by atomic mass is 16.7. The molecule has 1 saturated heterocycles. The Kier molecular flexibility index (Phi) is 4.52. The molecule has 1 aliphatic heterocycles. The molecule has 1 aliphatic rings. The van der Waals surface area contributed by atoms with Gasteiger partial charge in [-0.1, -0.05) is 12.1 Å². The maximum atomic E-state index is 11.8. The van der Waals surface area contributed by atoms with Crippen LogP contribution >= 0.6 is 0 Å². The average Bonchev–Trinajstić information content (AvgIpc) is 2.67. The minimum atomic E-state index is -0.930. The molecule has 6 heteroatoms. The predicted molar refractivity (Wildman–Crippen MR) is 90.9 cm³/mol. The van der Waals surface area contributed by atoms with Crippen LogP contribution in [0.1, 0.15) is 41.5 Å². The van der Waals surface area contributed by atoms with Gasteiger partial charge in [0, 0.05) is 7.05 Å². The van der Waals surface area contributed by atoms with Gasteiger partial charge in [-0.05, 0) is 59.1 Å². The van der Waals surface area contributed by atoms with Gasteiger partial charge >= 0.3 is 7.12 Å². The maximum Gasteiger partial charge on any atom is 0.494 e. The van der Waals surface area contributed by atoms with E-state index in [9.17, 15) is 4.79 Å². The fourth-order valence-corrected chi connectivity index (χ4v) is 2.31. The second-order valence-corrected chi connectivity index (χ2v) is 7.35. The minimum Gasteiger partial charge on any atom is -0.478 e. The molecule has 1 fully saturated rings. The lowest BCUT2D eigenvalue weighted by Gasteiger charge is -2.32. The van der Waals surface area contributed by atoms with Crippen LogP contribution in [0.4, 0.5) is 0 Å². The van der Waals surface area contributed by atoms with E-state index >= 15 is 0 Å². The van der Waals surface area contributed by atoms with Crippen LogP contribution in [-0.2, 0) is 14.1 Å². The van der Waals surface area contributed by atoms with E-state index in [4.69, 9.17) is 14.0 Å². The highest BCUT2D eigenvalue weighted by molar-refractivity contribution is 6.62. The van der Waals surface area contributed by atoms with Crippen LogP contribution in [0.15, 0.2) is 24.3 Å². The quantitative estimate of drug-likeness (QED) is 0.861. The van der Waals surface area contributed by atoms with E-state index in [-0.39, 0.29) is 17.1 Å². The summed E-state index contributed by atoms with van der Waals surface area (Å²) in [5, 5.41) is 2.60. The molecule has 1 aromatic rings. The monoisotopic (exact) mass is 319 g/mol. The van der Waals surface area contributed by atoms with Crippen molar-refractivity contribution in [3.8, 4) is 5.75 Å². The normalized spacial score (nSPS) is 19.5. The number of ether oxygens (including phenoxy) is 1. The Hall–Kier alpha value is -1.53. The molecule has 126 valence electrons. The molecule has 2 rings (SSSR count). The third kappa shape index (κ3) is 3.53. The van der Waals surface area contributed by atoms with Gasteiger partial charge in [0.05, 0.1) is 11.2 Å². The van der Waals surface area contributed by atoms with E-state index < -0.39 is 12.7 Å². The van der Waals surface area contributed by atoms with E-state index in [1.807, 2.05) is 52.0 Å². The number of carbonyl (C=O) groups excluding carboxylic acids is 1. The summed E-state index contributed by atoms with van der Waals surface area (Å²) in [6.45, 7) is 11.6. The van der Waals surface area contributed by atoms with E-state index in [0.29, 0.717) is 5.75 Å². The maximum absolute atomic E-state index is 11.8. The Morgan fingerprint density at radius 2 is 1.57 bits per heavy atom. The molecule has 5 nitrogen and oxygen atoms in total. The van der Waals surface area contributed by atoms with Crippen LogP contribution in [0.2, 0.25) is 0 Å². The smallest absolute Gasteiger partial charge is 0.478 e. The second-order valence-electron chi connectivity index (χ2n) is 7.35. The lowest BCUT2D eigenvalue weighted by molar-refractivity contribution is -0.133. The van der Waals surface area contributed by atoms with E-state index in [0.717, 1.165) is 5.46 Å². The molecule has 23 heavy (non-hydrogen) atoms.